The van der Waals surface area contributed by atoms with E-state index in [2.05, 4.69) is 37.9 Å². The highest BCUT2D eigenvalue weighted by Crippen LogP contribution is 2.30. The van der Waals surface area contributed by atoms with Crippen molar-refractivity contribution in [3.63, 3.8) is 0 Å². The minimum Gasteiger partial charge on any atom is -0.455 e. The molecule has 0 aliphatic rings. The number of fused-ring (bicyclic) bond motifs is 1. The fourth-order valence-electron chi connectivity index (χ4n) is 1.92. The Hall–Kier alpha value is -1.96. The monoisotopic (exact) mass is 379 g/mol. The molecule has 5 nitrogen and oxygen atoms in total. The van der Waals surface area contributed by atoms with Crippen LogP contribution in [0.15, 0.2) is 41.3 Å². The van der Waals surface area contributed by atoms with Gasteiger partial charge in [-0.25, -0.2) is 0 Å². The second kappa shape index (κ2) is 5.20. The number of nitrogens with zero attached hydrogens (tertiary/aromatic N) is 2. The molecule has 100 valence electrons. The average molecular weight is 379 g/mol. The fourth-order valence-corrected chi connectivity index (χ4v) is 2.50. The molecule has 0 bridgehead atoms. The van der Waals surface area contributed by atoms with Gasteiger partial charge in [-0.1, -0.05) is 0 Å². The van der Waals surface area contributed by atoms with Crippen LogP contribution in [0.25, 0.3) is 22.3 Å². The molecular weight excluding hydrogens is 369 g/mol. The van der Waals surface area contributed by atoms with Crippen LogP contribution < -0.4 is 5.32 Å². The Balaban J connectivity index is 2.06. The average Bonchev–Trinajstić information content (AvgIpc) is 2.84. The van der Waals surface area contributed by atoms with E-state index in [1.807, 2.05) is 12.1 Å². The molecule has 0 fully saturated rings. The molecule has 1 N–H and O–H groups in total. The number of hydrogen-bond acceptors (Lipinski definition) is 4. The maximum atomic E-state index is 11.1. The van der Waals surface area contributed by atoms with Crippen molar-refractivity contribution in [1.82, 2.24) is 9.97 Å². The standard InChI is InChI=1S/C14H10IN3O2/c1-8(19)18-11-2-9(4-16-6-11)13-3-10-5-17-7-12(15)14(10)20-13/h2-7H,1H3,(H,18,19). The van der Waals surface area contributed by atoms with E-state index in [0.717, 1.165) is 20.1 Å². The SMILES string of the molecule is CC(=O)Nc1cncc(-c2cc3cncc(I)c3o2)c1. The first-order valence-corrected chi connectivity index (χ1v) is 6.97. The van der Waals surface area contributed by atoms with Crippen molar-refractivity contribution in [2.45, 2.75) is 6.92 Å². The number of halogens is 1. The van der Waals surface area contributed by atoms with Crippen molar-refractivity contribution in [2.24, 2.45) is 0 Å². The molecule has 0 saturated carbocycles. The quantitative estimate of drug-likeness (QED) is 0.693. The van der Waals surface area contributed by atoms with Gasteiger partial charge in [0.25, 0.3) is 0 Å². The smallest absolute Gasteiger partial charge is 0.221 e. The zero-order valence-corrected chi connectivity index (χ0v) is 12.7. The zero-order chi connectivity index (χ0) is 14.1. The minimum absolute atomic E-state index is 0.132. The fraction of sp³-hybridized carbons (Fsp3) is 0.0714. The van der Waals surface area contributed by atoms with Crippen LogP contribution in [0.3, 0.4) is 0 Å². The van der Waals surface area contributed by atoms with E-state index in [-0.39, 0.29) is 5.91 Å². The Morgan fingerprint density at radius 1 is 1.20 bits per heavy atom. The lowest BCUT2D eigenvalue weighted by atomic mass is 10.2. The van der Waals surface area contributed by atoms with Crippen LogP contribution in [-0.2, 0) is 4.79 Å². The van der Waals surface area contributed by atoms with Crippen LogP contribution in [0.4, 0.5) is 5.69 Å². The largest absolute Gasteiger partial charge is 0.455 e. The third kappa shape index (κ3) is 2.51. The number of carbonyl (C=O) groups excluding carboxylic acids is 1. The first kappa shape index (κ1) is 13.0. The molecule has 20 heavy (non-hydrogen) atoms. The molecule has 0 unspecified atom stereocenters. The summed E-state index contributed by atoms with van der Waals surface area (Å²) < 4.78 is 6.80. The van der Waals surface area contributed by atoms with E-state index >= 15 is 0 Å². The van der Waals surface area contributed by atoms with Crippen LogP contribution in [0.2, 0.25) is 0 Å². The third-order valence-corrected chi connectivity index (χ3v) is 3.49. The molecule has 0 aromatic carbocycles. The number of anilines is 1. The molecule has 0 atom stereocenters. The van der Waals surface area contributed by atoms with E-state index in [1.54, 1.807) is 24.8 Å². The van der Waals surface area contributed by atoms with E-state index in [4.69, 9.17) is 4.42 Å². The molecule has 0 saturated heterocycles. The predicted octanol–water partition coefficient (Wildman–Crippen LogP) is 3.45. The molecule has 3 rings (SSSR count). The lowest BCUT2D eigenvalue weighted by molar-refractivity contribution is -0.114. The van der Waals surface area contributed by atoms with Crippen molar-refractivity contribution < 1.29 is 9.21 Å². The number of nitrogens with one attached hydrogen (secondary N) is 1. The van der Waals surface area contributed by atoms with Gasteiger partial charge < -0.3 is 9.73 Å². The Morgan fingerprint density at radius 2 is 2.00 bits per heavy atom. The number of hydrogen-bond donors (Lipinski definition) is 1. The van der Waals surface area contributed by atoms with Crippen molar-refractivity contribution in [3.05, 3.63) is 40.5 Å². The van der Waals surface area contributed by atoms with Gasteiger partial charge in [-0.05, 0) is 34.7 Å². The highest BCUT2D eigenvalue weighted by atomic mass is 127. The summed E-state index contributed by atoms with van der Waals surface area (Å²) in [4.78, 5) is 19.3. The Labute approximate surface area is 128 Å². The summed E-state index contributed by atoms with van der Waals surface area (Å²) in [7, 11) is 0. The molecule has 3 aromatic rings. The molecule has 3 heterocycles. The van der Waals surface area contributed by atoms with Gasteiger partial charge in [0.15, 0.2) is 5.58 Å². The van der Waals surface area contributed by atoms with Gasteiger partial charge in [0.1, 0.15) is 5.76 Å². The number of amides is 1. The normalized spacial score (nSPS) is 10.7. The van der Waals surface area contributed by atoms with Gasteiger partial charge in [-0.3, -0.25) is 14.8 Å². The highest BCUT2D eigenvalue weighted by Gasteiger charge is 2.10. The molecule has 3 aromatic heterocycles. The summed E-state index contributed by atoms with van der Waals surface area (Å²) in [6, 6.07) is 3.74. The number of furan rings is 1. The van der Waals surface area contributed by atoms with Crippen LogP contribution in [0.1, 0.15) is 6.92 Å². The lowest BCUT2D eigenvalue weighted by Gasteiger charge is -2.02. The first-order valence-electron chi connectivity index (χ1n) is 5.89. The summed E-state index contributed by atoms with van der Waals surface area (Å²) >= 11 is 2.18. The Bertz CT molecular complexity index is 798. The van der Waals surface area contributed by atoms with Gasteiger partial charge in [-0.2, -0.15) is 0 Å². The number of aromatic nitrogens is 2. The maximum Gasteiger partial charge on any atom is 0.221 e. The molecule has 0 aliphatic carbocycles. The zero-order valence-electron chi connectivity index (χ0n) is 10.6. The summed E-state index contributed by atoms with van der Waals surface area (Å²) in [5.41, 5.74) is 2.26. The van der Waals surface area contributed by atoms with E-state index in [9.17, 15) is 4.79 Å². The van der Waals surface area contributed by atoms with E-state index in [0.29, 0.717) is 11.4 Å². The van der Waals surface area contributed by atoms with E-state index in [1.165, 1.54) is 6.92 Å². The minimum atomic E-state index is -0.132. The van der Waals surface area contributed by atoms with Gasteiger partial charge in [0, 0.05) is 36.5 Å². The van der Waals surface area contributed by atoms with Crippen molar-refractivity contribution in [1.29, 1.82) is 0 Å². The Kier molecular flexibility index (Phi) is 3.39. The maximum absolute atomic E-state index is 11.1. The van der Waals surface area contributed by atoms with Crippen molar-refractivity contribution >= 4 is 45.2 Å². The summed E-state index contributed by atoms with van der Waals surface area (Å²) in [5, 5.41) is 3.64. The van der Waals surface area contributed by atoms with E-state index < -0.39 is 0 Å². The molecular formula is C14H10IN3O2. The summed E-state index contributed by atoms with van der Waals surface area (Å²) in [6.07, 6.45) is 6.81. The molecule has 0 spiro atoms. The topological polar surface area (TPSA) is 68.0 Å². The molecule has 0 aliphatic heterocycles. The van der Waals surface area contributed by atoms with Crippen LogP contribution in [-0.4, -0.2) is 15.9 Å². The number of rotatable bonds is 2. The van der Waals surface area contributed by atoms with Crippen molar-refractivity contribution in [3.8, 4) is 11.3 Å². The third-order valence-electron chi connectivity index (χ3n) is 2.72. The summed E-state index contributed by atoms with van der Waals surface area (Å²) in [5.74, 6) is 0.568. The number of pyridine rings is 2. The van der Waals surface area contributed by atoms with Crippen molar-refractivity contribution in [2.75, 3.05) is 5.32 Å². The first-order chi connectivity index (χ1) is 9.63. The second-order valence-corrected chi connectivity index (χ2v) is 5.46. The predicted molar refractivity (Wildman–Crippen MR) is 84.3 cm³/mol. The van der Waals surface area contributed by atoms with Crippen LogP contribution in [0.5, 0.6) is 0 Å². The summed E-state index contributed by atoms with van der Waals surface area (Å²) in [6.45, 7) is 1.46. The molecule has 6 heteroatoms. The highest BCUT2D eigenvalue weighted by molar-refractivity contribution is 14.1. The molecule has 0 radical (unpaired) electrons. The van der Waals surface area contributed by atoms with Gasteiger partial charge >= 0.3 is 0 Å². The second-order valence-electron chi connectivity index (χ2n) is 4.29. The number of carbonyl (C=O) groups is 1. The van der Waals surface area contributed by atoms with Crippen LogP contribution in [0, 0.1) is 3.57 Å². The lowest BCUT2D eigenvalue weighted by Crippen LogP contribution is -2.05. The van der Waals surface area contributed by atoms with Gasteiger partial charge in [0.05, 0.1) is 15.5 Å². The van der Waals surface area contributed by atoms with Crippen LogP contribution >= 0.6 is 22.6 Å². The van der Waals surface area contributed by atoms with Gasteiger partial charge in [-0.15, -0.1) is 0 Å². The Morgan fingerprint density at radius 3 is 2.75 bits per heavy atom. The molecule has 1 amide bonds. The van der Waals surface area contributed by atoms with Gasteiger partial charge in [0.2, 0.25) is 5.91 Å².